The van der Waals surface area contributed by atoms with E-state index >= 15 is 0 Å². The molecule has 1 atom stereocenters. The third-order valence-corrected chi connectivity index (χ3v) is 5.10. The van der Waals surface area contributed by atoms with E-state index in [4.69, 9.17) is 20.3 Å². The molecule has 0 saturated heterocycles. The van der Waals surface area contributed by atoms with Crippen LogP contribution < -0.4 is 10.5 Å². The molecule has 0 aromatic heterocycles. The highest BCUT2D eigenvalue weighted by atomic mass is 16.5. The zero-order chi connectivity index (χ0) is 22.2. The Morgan fingerprint density at radius 2 is 1.77 bits per heavy atom. The van der Waals surface area contributed by atoms with Crippen molar-refractivity contribution in [2.45, 2.75) is 32.4 Å². The van der Waals surface area contributed by atoms with Crippen LogP contribution in [0, 0.1) is 0 Å². The number of nitrogens with two attached hydrogens (primary N) is 1. The molecule has 0 aliphatic carbocycles. The molecule has 3 aromatic rings. The van der Waals surface area contributed by atoms with E-state index in [-0.39, 0.29) is 12.5 Å². The summed E-state index contributed by atoms with van der Waals surface area (Å²) in [4.78, 5) is 11.1. The van der Waals surface area contributed by atoms with Crippen molar-refractivity contribution in [1.82, 2.24) is 0 Å². The average molecular weight is 420 g/mol. The zero-order valence-electron chi connectivity index (χ0n) is 18.0. The highest BCUT2D eigenvalue weighted by Gasteiger charge is 2.10. The van der Waals surface area contributed by atoms with Crippen LogP contribution in [0.25, 0.3) is 11.1 Å². The first kappa shape index (κ1) is 22.5. The number of hydrogen-bond donors (Lipinski definition) is 2. The summed E-state index contributed by atoms with van der Waals surface area (Å²) in [7, 11) is 1.69. The lowest BCUT2D eigenvalue weighted by molar-refractivity contribution is -0.136. The molecule has 162 valence electrons. The summed E-state index contributed by atoms with van der Waals surface area (Å²) >= 11 is 0. The Hall–Kier alpha value is -3.15. The second-order valence-corrected chi connectivity index (χ2v) is 7.66. The van der Waals surface area contributed by atoms with Crippen LogP contribution >= 0.6 is 0 Å². The molecule has 3 N–H and O–H groups in total. The number of benzene rings is 3. The molecular formula is C26H29NO4. The van der Waals surface area contributed by atoms with Gasteiger partial charge in [0, 0.05) is 18.7 Å². The minimum Gasteiger partial charge on any atom is -0.489 e. The van der Waals surface area contributed by atoms with Crippen molar-refractivity contribution in [2.75, 3.05) is 13.7 Å². The number of rotatable bonds is 10. The predicted molar refractivity (Wildman–Crippen MR) is 122 cm³/mol. The van der Waals surface area contributed by atoms with Gasteiger partial charge in [-0.25, -0.2) is 0 Å². The molecular weight excluding hydrogens is 390 g/mol. The van der Waals surface area contributed by atoms with Gasteiger partial charge in [0.15, 0.2) is 0 Å². The first-order chi connectivity index (χ1) is 15.0. The monoisotopic (exact) mass is 419 g/mol. The largest absolute Gasteiger partial charge is 0.489 e. The Morgan fingerprint density at radius 3 is 2.52 bits per heavy atom. The molecule has 5 heteroatoms. The van der Waals surface area contributed by atoms with E-state index in [1.54, 1.807) is 19.2 Å². The Bertz CT molecular complexity index is 1030. The van der Waals surface area contributed by atoms with E-state index in [1.807, 2.05) is 31.2 Å². The third kappa shape index (κ3) is 6.41. The SMILES string of the molecule is COCCc1cc(COc2ccccc2CC(=O)O)cc(-c2cccc([C@@H](C)N)c2)c1. The lowest BCUT2D eigenvalue weighted by Crippen LogP contribution is -2.05. The van der Waals surface area contributed by atoms with Crippen molar-refractivity contribution in [3.8, 4) is 16.9 Å². The quantitative estimate of drug-likeness (QED) is 0.495. The van der Waals surface area contributed by atoms with Crippen LogP contribution in [0.4, 0.5) is 0 Å². The summed E-state index contributed by atoms with van der Waals surface area (Å²) < 4.78 is 11.3. The van der Waals surface area contributed by atoms with Crippen molar-refractivity contribution >= 4 is 5.97 Å². The predicted octanol–water partition coefficient (Wildman–Crippen LogP) is 4.77. The number of para-hydroxylation sites is 1. The summed E-state index contributed by atoms with van der Waals surface area (Å²) in [6, 6.07) is 21.9. The number of carbonyl (C=O) groups is 1. The van der Waals surface area contributed by atoms with Crippen LogP contribution in [0.3, 0.4) is 0 Å². The van der Waals surface area contributed by atoms with Crippen LogP contribution in [0.15, 0.2) is 66.7 Å². The number of hydrogen-bond acceptors (Lipinski definition) is 4. The van der Waals surface area contributed by atoms with Gasteiger partial charge in [0.05, 0.1) is 13.0 Å². The Balaban J connectivity index is 1.89. The lowest BCUT2D eigenvalue weighted by Gasteiger charge is -2.14. The minimum atomic E-state index is -0.881. The first-order valence-corrected chi connectivity index (χ1v) is 10.4. The third-order valence-electron chi connectivity index (χ3n) is 5.10. The summed E-state index contributed by atoms with van der Waals surface area (Å²) in [5.41, 5.74) is 12.2. The number of aliphatic carboxylic acids is 1. The van der Waals surface area contributed by atoms with Gasteiger partial charge < -0.3 is 20.3 Å². The Morgan fingerprint density at radius 1 is 1.00 bits per heavy atom. The minimum absolute atomic E-state index is 0.0369. The molecule has 3 rings (SSSR count). The normalized spacial score (nSPS) is 11.8. The second kappa shape index (κ2) is 10.8. The fraction of sp³-hybridized carbons (Fsp3) is 0.269. The summed E-state index contributed by atoms with van der Waals surface area (Å²) in [6.45, 7) is 2.95. The highest BCUT2D eigenvalue weighted by molar-refractivity contribution is 5.71. The topological polar surface area (TPSA) is 81.8 Å². The maximum Gasteiger partial charge on any atom is 0.307 e. The van der Waals surface area contributed by atoms with E-state index in [2.05, 4.69) is 30.3 Å². The molecule has 0 amide bonds. The molecule has 5 nitrogen and oxygen atoms in total. The molecule has 3 aromatic carbocycles. The van der Waals surface area contributed by atoms with E-state index in [9.17, 15) is 4.79 Å². The average Bonchev–Trinajstić information content (AvgIpc) is 2.76. The highest BCUT2D eigenvalue weighted by Crippen LogP contribution is 2.27. The van der Waals surface area contributed by atoms with Gasteiger partial charge in [-0.15, -0.1) is 0 Å². The van der Waals surface area contributed by atoms with Crippen molar-refractivity contribution < 1.29 is 19.4 Å². The van der Waals surface area contributed by atoms with E-state index in [0.717, 1.165) is 34.2 Å². The maximum absolute atomic E-state index is 11.1. The standard InChI is InChI=1S/C26H29NO4/c1-18(27)21-7-5-8-22(15-21)24-13-19(10-11-30-2)12-20(14-24)17-31-25-9-4-3-6-23(25)16-26(28)29/h3-9,12-15,18H,10-11,16-17,27H2,1-2H3,(H,28,29)/t18-/m1/s1. The molecule has 0 fully saturated rings. The zero-order valence-corrected chi connectivity index (χ0v) is 18.0. The second-order valence-electron chi connectivity index (χ2n) is 7.66. The first-order valence-electron chi connectivity index (χ1n) is 10.4. The number of methoxy groups -OCH3 is 1. The molecule has 0 unspecified atom stereocenters. The fourth-order valence-corrected chi connectivity index (χ4v) is 3.49. The van der Waals surface area contributed by atoms with Crippen LogP contribution in [-0.4, -0.2) is 24.8 Å². The molecule has 0 spiro atoms. The van der Waals surface area contributed by atoms with E-state index in [1.165, 1.54) is 0 Å². The molecule has 0 saturated carbocycles. The van der Waals surface area contributed by atoms with Crippen molar-refractivity contribution in [3.63, 3.8) is 0 Å². The molecule has 0 heterocycles. The molecule has 0 aliphatic rings. The number of carboxylic acid groups (broad SMARTS) is 1. The van der Waals surface area contributed by atoms with E-state index in [0.29, 0.717) is 24.5 Å². The van der Waals surface area contributed by atoms with Gasteiger partial charge >= 0.3 is 5.97 Å². The van der Waals surface area contributed by atoms with Crippen molar-refractivity contribution in [3.05, 3.63) is 89.0 Å². The lowest BCUT2D eigenvalue weighted by atomic mass is 9.96. The fourth-order valence-electron chi connectivity index (χ4n) is 3.49. The van der Waals surface area contributed by atoms with Crippen LogP contribution in [0.2, 0.25) is 0 Å². The van der Waals surface area contributed by atoms with Crippen molar-refractivity contribution in [1.29, 1.82) is 0 Å². The molecule has 0 aliphatic heterocycles. The summed E-state index contributed by atoms with van der Waals surface area (Å²) in [5.74, 6) is -0.290. The summed E-state index contributed by atoms with van der Waals surface area (Å²) in [6.07, 6.45) is 0.722. The Labute approximate surface area is 183 Å². The van der Waals surface area contributed by atoms with Gasteiger partial charge in [0.1, 0.15) is 12.4 Å². The van der Waals surface area contributed by atoms with Crippen LogP contribution in [0.1, 0.15) is 35.2 Å². The molecule has 31 heavy (non-hydrogen) atoms. The van der Waals surface area contributed by atoms with E-state index < -0.39 is 5.97 Å². The maximum atomic E-state index is 11.1. The Kier molecular flexibility index (Phi) is 7.82. The van der Waals surface area contributed by atoms with Crippen LogP contribution in [-0.2, 0) is 29.0 Å². The molecule has 0 radical (unpaired) electrons. The van der Waals surface area contributed by atoms with Crippen LogP contribution in [0.5, 0.6) is 5.75 Å². The van der Waals surface area contributed by atoms with Crippen molar-refractivity contribution in [2.24, 2.45) is 5.73 Å². The number of carboxylic acids is 1. The number of ether oxygens (including phenoxy) is 2. The van der Waals surface area contributed by atoms with Gasteiger partial charge in [0.2, 0.25) is 0 Å². The van der Waals surface area contributed by atoms with Gasteiger partial charge in [-0.1, -0.05) is 48.5 Å². The van der Waals surface area contributed by atoms with Gasteiger partial charge in [0.25, 0.3) is 0 Å². The summed E-state index contributed by atoms with van der Waals surface area (Å²) in [5, 5.41) is 9.14. The smallest absolute Gasteiger partial charge is 0.307 e. The molecule has 0 bridgehead atoms. The van der Waals surface area contributed by atoms with Gasteiger partial charge in [-0.05, 0) is 59.4 Å². The van der Waals surface area contributed by atoms with Gasteiger partial charge in [-0.2, -0.15) is 0 Å². The van der Waals surface area contributed by atoms with Gasteiger partial charge in [-0.3, -0.25) is 4.79 Å².